The van der Waals surface area contributed by atoms with Gasteiger partial charge in [-0.15, -0.1) is 22.1 Å². The van der Waals surface area contributed by atoms with Gasteiger partial charge in [0.2, 0.25) is 23.3 Å². The molecular formula is C49H15F20GdN4O2. The van der Waals surface area contributed by atoms with E-state index >= 15 is 35.1 Å². The minimum atomic E-state index is -2.73. The Bertz CT molecular complexity index is 3370. The number of Topliss-reactive ketones (excluding diaryl/α,β-unsaturated/α-hetero) is 2. The molecule has 0 amide bonds. The van der Waals surface area contributed by atoms with Crippen molar-refractivity contribution in [3.63, 3.8) is 0 Å². The van der Waals surface area contributed by atoms with Crippen molar-refractivity contribution >= 4 is 57.9 Å². The fourth-order valence-corrected chi connectivity index (χ4v) is 7.70. The molecule has 9 rings (SSSR count). The van der Waals surface area contributed by atoms with Gasteiger partial charge in [0, 0.05) is 11.6 Å². The van der Waals surface area contributed by atoms with Crippen LogP contribution >= 0.6 is 0 Å². The van der Waals surface area contributed by atoms with Crippen molar-refractivity contribution in [3.8, 4) is 44.5 Å². The summed E-state index contributed by atoms with van der Waals surface area (Å²) in [5.41, 5.74) is -21.6. The van der Waals surface area contributed by atoms with E-state index in [4.69, 9.17) is 0 Å². The van der Waals surface area contributed by atoms with Gasteiger partial charge in [0.1, 0.15) is 0 Å². The van der Waals surface area contributed by atoms with Gasteiger partial charge >= 0.3 is 39.9 Å². The number of nitrogens with zero attached hydrogens (tertiary/aromatic N) is 4. The molecule has 0 spiro atoms. The normalized spacial score (nSPS) is 11.7. The molecule has 0 N–H and O–H groups in total. The van der Waals surface area contributed by atoms with Crippen LogP contribution in [0.2, 0.25) is 0 Å². The van der Waals surface area contributed by atoms with Crippen molar-refractivity contribution in [1.29, 1.82) is 0 Å². The van der Waals surface area contributed by atoms with E-state index in [0.717, 1.165) is 6.42 Å². The van der Waals surface area contributed by atoms with Crippen LogP contribution in [-0.2, 0) is 9.59 Å². The number of carbonyl (C=O) groups is 2. The summed E-state index contributed by atoms with van der Waals surface area (Å²) in [7, 11) is 0. The molecule has 2 aliphatic rings. The van der Waals surface area contributed by atoms with Crippen LogP contribution in [0.3, 0.4) is 0 Å². The fraction of sp³-hybridized carbons (Fsp3) is 0.0408. The van der Waals surface area contributed by atoms with E-state index in [1.54, 1.807) is 0 Å². The monoisotopic (exact) mass is 1230 g/mol. The molecular weight excluding hydrogens is 1210 g/mol. The second-order valence-corrected chi connectivity index (χ2v) is 15.5. The Hall–Kier alpha value is -7.39. The van der Waals surface area contributed by atoms with Crippen LogP contribution < -0.4 is 9.97 Å². The Morgan fingerprint density at radius 3 is 0.605 bits per heavy atom. The molecule has 7 aromatic rings. The van der Waals surface area contributed by atoms with E-state index in [1.165, 1.54) is 13.8 Å². The van der Waals surface area contributed by atoms with E-state index < -0.39 is 206 Å². The van der Waals surface area contributed by atoms with Crippen molar-refractivity contribution in [2.24, 2.45) is 0 Å². The van der Waals surface area contributed by atoms with Crippen molar-refractivity contribution in [1.82, 2.24) is 19.9 Å². The third kappa shape index (κ3) is 9.19. The number of aromatic nitrogens is 4. The maximum atomic E-state index is 15.8. The number of hydrogen-bond acceptors (Lipinski definition) is 4. The van der Waals surface area contributed by atoms with Crippen molar-refractivity contribution in [2.75, 3.05) is 0 Å². The second-order valence-electron chi connectivity index (χ2n) is 15.5. The molecule has 27 heteroatoms. The number of benzene rings is 4. The van der Waals surface area contributed by atoms with E-state index in [9.17, 15) is 62.3 Å². The van der Waals surface area contributed by atoms with Gasteiger partial charge in [-0.3, -0.25) is 6.42 Å². The zero-order chi connectivity index (χ0) is 55.1. The zero-order valence-electron chi connectivity index (χ0n) is 36.7. The summed E-state index contributed by atoms with van der Waals surface area (Å²) in [4.78, 5) is 35.5. The average Bonchev–Trinajstić information content (AvgIpc) is 4.23. The Labute approximate surface area is 441 Å². The first-order valence-corrected chi connectivity index (χ1v) is 20.2. The maximum absolute atomic E-state index is 15.8. The molecule has 0 unspecified atom stereocenters. The Morgan fingerprint density at radius 1 is 0.303 bits per heavy atom. The molecule has 4 aromatic carbocycles. The predicted molar refractivity (Wildman–Crippen MR) is 223 cm³/mol. The van der Waals surface area contributed by atoms with Crippen molar-refractivity contribution in [3.05, 3.63) is 170 Å². The Morgan fingerprint density at radius 2 is 0.461 bits per heavy atom. The van der Waals surface area contributed by atoms with Crippen LogP contribution in [0.5, 0.6) is 0 Å². The number of hydrogen-bond donors (Lipinski definition) is 0. The zero-order valence-corrected chi connectivity index (χ0v) is 39.0. The van der Waals surface area contributed by atoms with Gasteiger partial charge < -0.3 is 19.6 Å². The Balaban J connectivity index is 0.000000983. The Kier molecular flexibility index (Phi) is 15.5. The standard InChI is InChI=1S/C44H8F20N4.C5H7O2.Gd/c45-25-21(26(46)34(54)41(61)33(25)53)17-9-1-2-10(65-9)18(22-27(47)35(55)42(62)36(56)28(22)48)12-5-6-14(67-12)20(24-31(51)39(59)44(64)40(60)32(24)52)16-8-7-15(68-16)19(13-4-3-11(17)66-13)23-29(49)37(57)43(63)38(58)30(23)50;1-4(6)3-5(2)7;/h1-8H;3H,1-2H3;/q-2;-1;+3. The topological polar surface area (TPSA) is 88.1 Å². The summed E-state index contributed by atoms with van der Waals surface area (Å²) in [5, 5.41) is 0. The van der Waals surface area contributed by atoms with E-state index in [2.05, 4.69) is 19.9 Å². The molecule has 0 aliphatic carbocycles. The molecule has 3 aromatic heterocycles. The van der Waals surface area contributed by atoms with Gasteiger partial charge in [-0.1, -0.05) is 24.3 Å². The minimum Gasteiger partial charge on any atom is -0.657 e. The van der Waals surface area contributed by atoms with Gasteiger partial charge in [0.25, 0.3) is 0 Å². The summed E-state index contributed by atoms with van der Waals surface area (Å²) in [5.74, 6) is -53.4. The molecule has 391 valence electrons. The van der Waals surface area contributed by atoms with Crippen LogP contribution in [0, 0.1) is 163 Å². The maximum Gasteiger partial charge on any atom is 3.00 e. The summed E-state index contributed by atoms with van der Waals surface area (Å²) in [6, 6.07) is 2.26. The molecule has 6 nitrogen and oxygen atoms in total. The molecule has 1 radical (unpaired) electrons. The van der Waals surface area contributed by atoms with Gasteiger partial charge in [0.05, 0.1) is 45.0 Å². The van der Waals surface area contributed by atoms with E-state index in [-0.39, 0.29) is 51.5 Å². The fourth-order valence-electron chi connectivity index (χ4n) is 7.70. The number of rotatable bonds is 6. The minimum absolute atomic E-state index is 0. The molecule has 0 atom stereocenters. The molecule has 0 saturated heterocycles. The average molecular weight is 1230 g/mol. The quantitative estimate of drug-likeness (QED) is 0.0542. The van der Waals surface area contributed by atoms with Crippen LogP contribution in [0.4, 0.5) is 87.8 Å². The van der Waals surface area contributed by atoms with Crippen molar-refractivity contribution < 1.29 is 137 Å². The number of halogens is 20. The number of fused-ring (bicyclic) bond motifs is 8. The van der Waals surface area contributed by atoms with E-state index in [0.29, 0.717) is 48.6 Å². The van der Waals surface area contributed by atoms with Gasteiger partial charge in [-0.25, -0.2) is 97.8 Å². The van der Waals surface area contributed by atoms with Crippen molar-refractivity contribution in [2.45, 2.75) is 13.8 Å². The SMILES string of the molecule is CC(=O)[CH-]C(C)=O.Fc1c(F)c(F)c(-c2c3nc(c(-c4c(F)c(F)c(F)c(F)c4F)c4ccc([n-]4)c(-c4c(F)c(F)c(F)c(F)c4F)c4nc(c(-c5c(F)c(F)c(F)c(F)c5F)c5ccc2[n-]5)C=C4)C=C3)c(F)c1F.[Gd+3]. The molecule has 8 bridgehead atoms. The third-order valence-corrected chi connectivity index (χ3v) is 10.9. The molecule has 5 heterocycles. The summed E-state index contributed by atoms with van der Waals surface area (Å²) >= 11 is 0. The molecule has 0 saturated carbocycles. The molecule has 76 heavy (non-hydrogen) atoms. The van der Waals surface area contributed by atoms with Crippen LogP contribution in [0.15, 0.2) is 24.3 Å². The first kappa shape index (κ1) is 56.3. The predicted octanol–water partition coefficient (Wildman–Crippen LogP) is 13.7. The molecule has 2 aliphatic heterocycles. The second kappa shape index (κ2) is 21.0. The van der Waals surface area contributed by atoms with Gasteiger partial charge in [0.15, 0.2) is 93.1 Å². The first-order chi connectivity index (χ1) is 35.2. The van der Waals surface area contributed by atoms with Crippen LogP contribution in [0.1, 0.15) is 36.6 Å². The number of carbonyl (C=O) groups excluding carboxylic acids is 2. The smallest absolute Gasteiger partial charge is 0.657 e. The van der Waals surface area contributed by atoms with Crippen LogP contribution in [0.25, 0.3) is 90.9 Å². The summed E-state index contributed by atoms with van der Waals surface area (Å²) < 4.78 is 303. The summed E-state index contributed by atoms with van der Waals surface area (Å²) in [6.45, 7) is 2.70. The van der Waals surface area contributed by atoms with Gasteiger partial charge in [-0.05, 0) is 60.4 Å². The first-order valence-electron chi connectivity index (χ1n) is 20.2. The third-order valence-electron chi connectivity index (χ3n) is 10.9. The largest absolute Gasteiger partial charge is 3.00 e. The number of ketones is 2. The van der Waals surface area contributed by atoms with Crippen LogP contribution in [-0.4, -0.2) is 21.5 Å². The summed E-state index contributed by atoms with van der Waals surface area (Å²) in [6.07, 6.45) is 3.32. The molecule has 0 fully saturated rings. The van der Waals surface area contributed by atoms with E-state index in [1.807, 2.05) is 0 Å². The van der Waals surface area contributed by atoms with Gasteiger partial charge in [-0.2, -0.15) is 0 Å².